The zero-order valence-electron chi connectivity index (χ0n) is 18.3. The lowest BCUT2D eigenvalue weighted by Crippen LogP contribution is -2.61. The van der Waals surface area contributed by atoms with E-state index in [1.54, 1.807) is 4.90 Å². The first-order valence-electron chi connectivity index (χ1n) is 10.7. The summed E-state index contributed by atoms with van der Waals surface area (Å²) in [5, 5.41) is 14.3. The van der Waals surface area contributed by atoms with Gasteiger partial charge in [-0.25, -0.2) is 4.79 Å². The van der Waals surface area contributed by atoms with E-state index in [4.69, 9.17) is 10.5 Å². The Kier molecular flexibility index (Phi) is 7.48. The third-order valence-electron chi connectivity index (χ3n) is 5.45. The third kappa shape index (κ3) is 5.45. The smallest absolute Gasteiger partial charge is 0.370 e. The SMILES string of the molecule is CCCN(CCc1ccc2ccccc2c1)C(=O)[C@@H]1OC(C(=O)O)=C[C@H](N)[C@H]1NC(C)=O. The van der Waals surface area contributed by atoms with Crippen molar-refractivity contribution in [3.63, 3.8) is 0 Å². The molecule has 0 spiro atoms. The van der Waals surface area contributed by atoms with Gasteiger partial charge in [-0.05, 0) is 35.3 Å². The van der Waals surface area contributed by atoms with Crippen molar-refractivity contribution in [1.82, 2.24) is 10.2 Å². The number of nitrogens with one attached hydrogen (secondary N) is 1. The average Bonchev–Trinajstić information content (AvgIpc) is 2.76. The molecule has 2 aromatic rings. The summed E-state index contributed by atoms with van der Waals surface area (Å²) in [6, 6.07) is 12.5. The number of rotatable bonds is 8. The molecule has 4 N–H and O–H groups in total. The van der Waals surface area contributed by atoms with Gasteiger partial charge in [0.15, 0.2) is 6.10 Å². The number of carbonyl (C=O) groups is 3. The van der Waals surface area contributed by atoms with Gasteiger partial charge in [0.2, 0.25) is 11.7 Å². The summed E-state index contributed by atoms with van der Waals surface area (Å²) in [4.78, 5) is 38.2. The van der Waals surface area contributed by atoms with E-state index in [1.807, 2.05) is 37.3 Å². The number of carboxylic acid groups (broad SMARTS) is 1. The van der Waals surface area contributed by atoms with Gasteiger partial charge in [0.1, 0.15) is 0 Å². The van der Waals surface area contributed by atoms with Crippen molar-refractivity contribution in [3.05, 3.63) is 59.9 Å². The van der Waals surface area contributed by atoms with Gasteiger partial charge >= 0.3 is 5.97 Å². The second kappa shape index (κ2) is 10.3. The average molecular weight is 440 g/mol. The van der Waals surface area contributed by atoms with Crippen molar-refractivity contribution < 1.29 is 24.2 Å². The summed E-state index contributed by atoms with van der Waals surface area (Å²) in [7, 11) is 0. The molecule has 32 heavy (non-hydrogen) atoms. The quantitative estimate of drug-likeness (QED) is 0.577. The van der Waals surface area contributed by atoms with Gasteiger partial charge in [-0.2, -0.15) is 0 Å². The van der Waals surface area contributed by atoms with Crippen LogP contribution in [0, 0.1) is 0 Å². The topological polar surface area (TPSA) is 122 Å². The minimum atomic E-state index is -1.31. The van der Waals surface area contributed by atoms with Crippen molar-refractivity contribution in [2.75, 3.05) is 13.1 Å². The van der Waals surface area contributed by atoms with Crippen LogP contribution in [0.4, 0.5) is 0 Å². The maximum absolute atomic E-state index is 13.4. The summed E-state index contributed by atoms with van der Waals surface area (Å²) in [6.07, 6.45) is 1.34. The Labute approximate surface area is 187 Å². The molecule has 170 valence electrons. The molecule has 1 aliphatic rings. The van der Waals surface area contributed by atoms with Crippen molar-refractivity contribution in [1.29, 1.82) is 0 Å². The zero-order valence-corrected chi connectivity index (χ0v) is 18.3. The van der Waals surface area contributed by atoms with E-state index in [9.17, 15) is 19.5 Å². The normalized spacial score (nSPS) is 20.2. The molecule has 0 radical (unpaired) electrons. The Bertz CT molecular complexity index is 1040. The van der Waals surface area contributed by atoms with E-state index in [2.05, 4.69) is 17.4 Å². The molecule has 0 aromatic heterocycles. The Hall–Kier alpha value is -3.39. The highest BCUT2D eigenvalue weighted by atomic mass is 16.5. The predicted octanol–water partition coefficient (Wildman–Crippen LogP) is 1.82. The molecular formula is C24H29N3O5. The van der Waals surface area contributed by atoms with E-state index in [1.165, 1.54) is 13.0 Å². The van der Waals surface area contributed by atoms with Crippen molar-refractivity contribution in [2.24, 2.45) is 5.73 Å². The second-order valence-corrected chi connectivity index (χ2v) is 7.93. The molecule has 3 atom stereocenters. The van der Waals surface area contributed by atoms with Crippen LogP contribution < -0.4 is 11.1 Å². The maximum Gasteiger partial charge on any atom is 0.370 e. The molecule has 0 saturated carbocycles. The highest BCUT2D eigenvalue weighted by Gasteiger charge is 2.41. The number of nitrogens with zero attached hydrogens (tertiary/aromatic N) is 1. The minimum Gasteiger partial charge on any atom is -0.475 e. The van der Waals surface area contributed by atoms with E-state index >= 15 is 0 Å². The van der Waals surface area contributed by atoms with Gasteiger partial charge in [-0.3, -0.25) is 9.59 Å². The Morgan fingerprint density at radius 3 is 2.50 bits per heavy atom. The first-order valence-corrected chi connectivity index (χ1v) is 10.7. The second-order valence-electron chi connectivity index (χ2n) is 7.93. The molecule has 0 bridgehead atoms. The third-order valence-corrected chi connectivity index (χ3v) is 5.45. The highest BCUT2D eigenvalue weighted by molar-refractivity contribution is 5.88. The van der Waals surface area contributed by atoms with Crippen molar-refractivity contribution >= 4 is 28.6 Å². The van der Waals surface area contributed by atoms with Crippen LogP contribution in [0.5, 0.6) is 0 Å². The minimum absolute atomic E-state index is 0.378. The number of nitrogens with two attached hydrogens (primary N) is 1. The molecule has 1 heterocycles. The lowest BCUT2D eigenvalue weighted by Gasteiger charge is -2.37. The molecule has 0 unspecified atom stereocenters. The van der Waals surface area contributed by atoms with Crippen molar-refractivity contribution in [3.8, 4) is 0 Å². The van der Waals surface area contributed by atoms with Crippen LogP contribution in [0.25, 0.3) is 10.8 Å². The van der Waals surface area contributed by atoms with Crippen LogP contribution >= 0.6 is 0 Å². The molecule has 0 saturated heterocycles. The van der Waals surface area contributed by atoms with Crippen LogP contribution in [0.15, 0.2) is 54.3 Å². The predicted molar refractivity (Wildman–Crippen MR) is 121 cm³/mol. The summed E-state index contributed by atoms with van der Waals surface area (Å²) in [5.41, 5.74) is 7.16. The van der Waals surface area contributed by atoms with Crippen LogP contribution in [0.2, 0.25) is 0 Å². The molecule has 1 aliphatic heterocycles. The molecule has 3 rings (SSSR count). The Morgan fingerprint density at radius 2 is 1.84 bits per heavy atom. The number of carboxylic acids is 1. The monoisotopic (exact) mass is 439 g/mol. The Morgan fingerprint density at radius 1 is 1.12 bits per heavy atom. The van der Waals surface area contributed by atoms with Crippen molar-refractivity contribution in [2.45, 2.75) is 44.9 Å². The van der Waals surface area contributed by atoms with E-state index in [0.29, 0.717) is 25.9 Å². The zero-order chi connectivity index (χ0) is 23.3. The van der Waals surface area contributed by atoms with Gasteiger partial charge < -0.3 is 25.8 Å². The summed E-state index contributed by atoms with van der Waals surface area (Å²) in [5.74, 6) is -2.47. The van der Waals surface area contributed by atoms with E-state index < -0.39 is 30.1 Å². The van der Waals surface area contributed by atoms with Gasteiger partial charge in [-0.15, -0.1) is 0 Å². The number of carbonyl (C=O) groups excluding carboxylic acids is 2. The van der Waals surface area contributed by atoms with Crippen LogP contribution in [0.1, 0.15) is 25.8 Å². The summed E-state index contributed by atoms with van der Waals surface area (Å²) in [6.45, 7) is 4.17. The van der Waals surface area contributed by atoms with Gasteiger partial charge in [0.05, 0.1) is 12.1 Å². The molecular weight excluding hydrogens is 410 g/mol. The highest BCUT2D eigenvalue weighted by Crippen LogP contribution is 2.21. The van der Waals surface area contributed by atoms with E-state index in [0.717, 1.165) is 16.3 Å². The summed E-state index contributed by atoms with van der Waals surface area (Å²) >= 11 is 0. The van der Waals surface area contributed by atoms with Crippen LogP contribution in [-0.2, 0) is 25.5 Å². The number of benzene rings is 2. The first kappa shape index (κ1) is 23.3. The Balaban J connectivity index is 1.79. The first-order chi connectivity index (χ1) is 15.3. The van der Waals surface area contributed by atoms with Gasteiger partial charge in [0, 0.05) is 20.0 Å². The largest absolute Gasteiger partial charge is 0.475 e. The van der Waals surface area contributed by atoms with Gasteiger partial charge in [-0.1, -0.05) is 49.4 Å². The number of aliphatic carboxylic acids is 1. The number of amides is 2. The lowest BCUT2D eigenvalue weighted by molar-refractivity contribution is -0.149. The molecule has 8 heteroatoms. The fraction of sp³-hybridized carbons (Fsp3) is 0.375. The van der Waals surface area contributed by atoms with Crippen LogP contribution in [-0.4, -0.2) is 59.1 Å². The standard InChI is InChI=1S/C24H29N3O5/c1-3-11-27(12-10-16-8-9-17-6-4-5-7-18(17)13-16)23(29)22-21(26-15(2)28)19(25)14-20(32-22)24(30)31/h4-9,13-14,19,21-22H,3,10-12,25H2,1-2H3,(H,26,28)(H,30,31)/t19-,21+,22+/m0/s1. The number of hydrogen-bond donors (Lipinski definition) is 3. The molecule has 0 aliphatic carbocycles. The maximum atomic E-state index is 13.4. The molecule has 0 fully saturated rings. The number of fused-ring (bicyclic) bond motifs is 1. The van der Waals surface area contributed by atoms with E-state index in [-0.39, 0.29) is 11.7 Å². The fourth-order valence-electron chi connectivity index (χ4n) is 3.90. The molecule has 2 aromatic carbocycles. The lowest BCUT2D eigenvalue weighted by atomic mass is 9.97. The summed E-state index contributed by atoms with van der Waals surface area (Å²) < 4.78 is 5.51. The molecule has 8 nitrogen and oxygen atoms in total. The number of ether oxygens (including phenoxy) is 1. The fourth-order valence-corrected chi connectivity index (χ4v) is 3.90. The molecule has 2 amide bonds. The number of hydrogen-bond acceptors (Lipinski definition) is 5. The van der Waals surface area contributed by atoms with Gasteiger partial charge in [0.25, 0.3) is 5.91 Å². The van der Waals surface area contributed by atoms with Crippen LogP contribution in [0.3, 0.4) is 0 Å².